The average Bonchev–Trinajstić information content (AvgIpc) is 1.82. The fourth-order valence-corrected chi connectivity index (χ4v) is 1.92. The summed E-state index contributed by atoms with van der Waals surface area (Å²) in [5.74, 6) is 0. The van der Waals surface area contributed by atoms with Crippen LogP contribution in [-0.4, -0.2) is 14.4 Å². The third kappa shape index (κ3) is 1.92. The zero-order chi connectivity index (χ0) is 8.70. The van der Waals surface area contributed by atoms with Gasteiger partial charge in [0.2, 0.25) is 0 Å². The number of hydrogen-bond acceptors (Lipinski definition) is 8. The first kappa shape index (κ1) is 9.85. The van der Waals surface area contributed by atoms with Crippen LogP contribution in [0.3, 0.4) is 0 Å². The highest BCUT2D eigenvalue weighted by Gasteiger charge is 2.45. The first-order valence-electron chi connectivity index (χ1n) is 2.70. The number of nitrogens with one attached hydrogen (secondary N) is 1. The first-order chi connectivity index (χ1) is 4.86. The Bertz CT molecular complexity index is 190. The van der Waals surface area contributed by atoms with Crippen LogP contribution in [0.25, 0.3) is 0 Å². The molecule has 0 aromatic heterocycles. The van der Waals surface area contributed by atoms with Crippen LogP contribution in [0.2, 0.25) is 0 Å². The molecule has 0 fully saturated rings. The van der Waals surface area contributed by atoms with Gasteiger partial charge in [0, 0.05) is 0 Å². The van der Waals surface area contributed by atoms with E-state index in [1.165, 1.54) is 0 Å². The molecule has 0 aromatic carbocycles. The lowest BCUT2D eigenvalue weighted by Crippen LogP contribution is -2.58. The maximum Gasteiger partial charge on any atom is 0.188 e. The molecule has 11 heavy (non-hydrogen) atoms. The molecule has 3 N–H and O–H groups in total. The van der Waals surface area contributed by atoms with E-state index in [2.05, 4.69) is 66.3 Å². The standard InChI is InChI=1S/C3H8N4S4/c4-1-2(8,9)5-7-6-3(1,10)11/h1,8-11H,4H2,(H,5,6). The van der Waals surface area contributed by atoms with E-state index in [1.54, 1.807) is 0 Å². The third-order valence-corrected chi connectivity index (χ3v) is 2.75. The maximum absolute atomic E-state index is 5.67. The van der Waals surface area contributed by atoms with E-state index in [-0.39, 0.29) is 0 Å². The zero-order valence-corrected chi connectivity index (χ0v) is 8.92. The second kappa shape index (κ2) is 2.91. The summed E-state index contributed by atoms with van der Waals surface area (Å²) in [6.45, 7) is 0. The Labute approximate surface area is 86.4 Å². The average molecular weight is 228 g/mol. The van der Waals surface area contributed by atoms with Crippen molar-refractivity contribution in [2.45, 2.75) is 14.4 Å². The molecule has 0 saturated carbocycles. The van der Waals surface area contributed by atoms with E-state index >= 15 is 0 Å². The van der Waals surface area contributed by atoms with Gasteiger partial charge in [-0.25, -0.2) is 0 Å². The van der Waals surface area contributed by atoms with Gasteiger partial charge in [0.1, 0.15) is 0 Å². The summed E-state index contributed by atoms with van der Waals surface area (Å²) in [4.78, 5) is 0. The number of nitrogens with zero attached hydrogens (tertiary/aromatic N) is 2. The van der Waals surface area contributed by atoms with Crippen LogP contribution in [0, 0.1) is 0 Å². The molecule has 4 nitrogen and oxygen atoms in total. The van der Waals surface area contributed by atoms with Gasteiger partial charge in [0.05, 0.1) is 6.04 Å². The molecule has 0 aromatic rings. The molecule has 8 heteroatoms. The Morgan fingerprint density at radius 2 is 1.82 bits per heavy atom. The summed E-state index contributed by atoms with van der Waals surface area (Å²) < 4.78 is -1.94. The summed E-state index contributed by atoms with van der Waals surface area (Å²) in [7, 11) is 0. The van der Waals surface area contributed by atoms with E-state index in [4.69, 9.17) is 5.73 Å². The van der Waals surface area contributed by atoms with Gasteiger partial charge < -0.3 is 5.73 Å². The van der Waals surface area contributed by atoms with Gasteiger partial charge in [-0.05, 0) is 0 Å². The van der Waals surface area contributed by atoms with Crippen LogP contribution in [0.15, 0.2) is 10.3 Å². The lowest BCUT2D eigenvalue weighted by atomic mass is 10.3. The minimum atomic E-state index is -1.02. The van der Waals surface area contributed by atoms with Crippen LogP contribution >= 0.6 is 50.5 Å². The molecule has 0 aliphatic carbocycles. The van der Waals surface area contributed by atoms with Crippen molar-refractivity contribution in [2.24, 2.45) is 16.1 Å². The van der Waals surface area contributed by atoms with Gasteiger partial charge in [-0.2, -0.15) is 0 Å². The molecule has 1 aliphatic rings. The highest BCUT2D eigenvalue weighted by Crippen LogP contribution is 2.37. The summed E-state index contributed by atoms with van der Waals surface area (Å²) in [5, 5.41) is 7.18. The van der Waals surface area contributed by atoms with E-state index in [0.29, 0.717) is 0 Å². The molecule has 1 unspecified atom stereocenters. The van der Waals surface area contributed by atoms with Crippen LogP contribution in [0.5, 0.6) is 0 Å². The van der Waals surface area contributed by atoms with Crippen LogP contribution in [-0.2, 0) is 0 Å². The quantitative estimate of drug-likeness (QED) is 0.267. The Morgan fingerprint density at radius 3 is 2.18 bits per heavy atom. The van der Waals surface area contributed by atoms with Crippen LogP contribution < -0.4 is 11.2 Å². The minimum absolute atomic E-state index is 0.550. The van der Waals surface area contributed by atoms with Crippen molar-refractivity contribution in [3.8, 4) is 0 Å². The number of hydrogen-bond donors (Lipinski definition) is 6. The van der Waals surface area contributed by atoms with E-state index in [0.717, 1.165) is 0 Å². The largest absolute Gasteiger partial charge is 0.321 e. The minimum Gasteiger partial charge on any atom is -0.321 e. The molecule has 64 valence electrons. The van der Waals surface area contributed by atoms with Gasteiger partial charge >= 0.3 is 0 Å². The summed E-state index contributed by atoms with van der Waals surface area (Å²) in [5.41, 5.74) is 8.20. The van der Waals surface area contributed by atoms with E-state index < -0.39 is 14.4 Å². The van der Waals surface area contributed by atoms with Gasteiger partial charge in [-0.3, -0.25) is 5.43 Å². The SMILES string of the molecule is NC1C(S)(S)N=NNC1(S)S. The Morgan fingerprint density at radius 1 is 1.27 bits per heavy atom. The highest BCUT2D eigenvalue weighted by atomic mass is 32.2. The fraction of sp³-hybridized carbons (Fsp3) is 1.00. The summed E-state index contributed by atoms with van der Waals surface area (Å²) in [6, 6.07) is -0.550. The maximum atomic E-state index is 5.67. The molecular formula is C3H8N4S4. The lowest BCUT2D eigenvalue weighted by molar-refractivity contribution is 0.421. The van der Waals surface area contributed by atoms with Gasteiger partial charge in [-0.1, -0.05) is 5.22 Å². The van der Waals surface area contributed by atoms with Gasteiger partial charge in [-0.15, -0.1) is 55.6 Å². The Kier molecular flexibility index (Phi) is 2.61. The normalized spacial score (nSPS) is 33.0. The number of nitrogens with two attached hydrogens (primary N) is 1. The topological polar surface area (TPSA) is 62.8 Å². The first-order valence-corrected chi connectivity index (χ1v) is 4.49. The van der Waals surface area contributed by atoms with Crippen molar-refractivity contribution >= 4 is 50.5 Å². The predicted octanol–water partition coefficient (Wildman–Crippen LogP) is 0.311. The number of rotatable bonds is 0. The van der Waals surface area contributed by atoms with Crippen molar-refractivity contribution in [2.75, 3.05) is 0 Å². The van der Waals surface area contributed by atoms with Crippen molar-refractivity contribution in [1.29, 1.82) is 0 Å². The lowest BCUT2D eigenvalue weighted by Gasteiger charge is -2.38. The molecule has 0 spiro atoms. The van der Waals surface area contributed by atoms with Crippen molar-refractivity contribution < 1.29 is 0 Å². The summed E-state index contributed by atoms with van der Waals surface area (Å²) in [6.07, 6.45) is 0. The van der Waals surface area contributed by atoms with Crippen LogP contribution in [0.1, 0.15) is 0 Å². The molecule has 0 bridgehead atoms. The fourth-order valence-electron chi connectivity index (χ4n) is 0.574. The molecule has 1 aliphatic heterocycles. The third-order valence-electron chi connectivity index (χ3n) is 1.26. The molecular weight excluding hydrogens is 220 g/mol. The molecule has 0 amide bonds. The molecule has 0 radical (unpaired) electrons. The van der Waals surface area contributed by atoms with Gasteiger partial charge in [0.25, 0.3) is 0 Å². The second-order valence-corrected chi connectivity index (χ2v) is 5.68. The zero-order valence-electron chi connectivity index (χ0n) is 5.34. The predicted molar refractivity (Wildman–Crippen MR) is 57.4 cm³/mol. The molecule has 1 atom stereocenters. The number of thiol groups is 4. The van der Waals surface area contributed by atoms with Crippen LogP contribution in [0.4, 0.5) is 0 Å². The van der Waals surface area contributed by atoms with E-state index in [1.807, 2.05) is 0 Å². The molecule has 1 rings (SSSR count). The Hall–Kier alpha value is 0.760. The monoisotopic (exact) mass is 228 g/mol. The molecule has 1 heterocycles. The summed E-state index contributed by atoms with van der Waals surface area (Å²) >= 11 is 16.3. The van der Waals surface area contributed by atoms with E-state index in [9.17, 15) is 0 Å². The van der Waals surface area contributed by atoms with Crippen molar-refractivity contribution in [3.63, 3.8) is 0 Å². The van der Waals surface area contributed by atoms with Crippen molar-refractivity contribution in [1.82, 2.24) is 5.43 Å². The Balaban J connectivity index is 2.91. The van der Waals surface area contributed by atoms with Crippen molar-refractivity contribution in [3.05, 3.63) is 0 Å². The highest BCUT2D eigenvalue weighted by molar-refractivity contribution is 8.02. The smallest absolute Gasteiger partial charge is 0.188 e. The second-order valence-electron chi connectivity index (χ2n) is 2.20. The molecule has 0 saturated heterocycles. The van der Waals surface area contributed by atoms with Gasteiger partial charge in [0.15, 0.2) is 8.41 Å².